The number of hydrogen-bond donors (Lipinski definition) is 1. The van der Waals surface area contributed by atoms with Crippen LogP contribution in [0.3, 0.4) is 0 Å². The summed E-state index contributed by atoms with van der Waals surface area (Å²) < 4.78 is 10.9. The van der Waals surface area contributed by atoms with Crippen LogP contribution in [0.1, 0.15) is 20.4 Å². The number of methoxy groups -OCH3 is 1. The van der Waals surface area contributed by atoms with Gasteiger partial charge in [-0.3, -0.25) is 4.79 Å². The van der Waals surface area contributed by atoms with Crippen LogP contribution in [0.2, 0.25) is 10.0 Å². The quantitative estimate of drug-likeness (QED) is 0.561. The van der Waals surface area contributed by atoms with Crippen molar-refractivity contribution >= 4 is 46.1 Å². The zero-order chi connectivity index (χ0) is 19.4. The van der Waals surface area contributed by atoms with Crippen molar-refractivity contribution in [3.63, 3.8) is 0 Å². The molecule has 3 rings (SSSR count). The number of anilines is 1. The van der Waals surface area contributed by atoms with Crippen LogP contribution in [0.5, 0.6) is 11.5 Å². The van der Waals surface area contributed by atoms with Crippen LogP contribution in [0.15, 0.2) is 42.5 Å². The molecule has 1 aromatic heterocycles. The second-order valence-electron chi connectivity index (χ2n) is 5.56. The maximum absolute atomic E-state index is 12.6. The van der Waals surface area contributed by atoms with Crippen LogP contribution < -0.4 is 14.8 Å². The largest absolute Gasteiger partial charge is 0.495 e. The number of nitrogens with zero attached hydrogens (tertiary/aromatic N) is 1. The van der Waals surface area contributed by atoms with Gasteiger partial charge in [0, 0.05) is 10.0 Å². The van der Waals surface area contributed by atoms with Crippen molar-refractivity contribution in [2.45, 2.75) is 13.5 Å². The van der Waals surface area contributed by atoms with Crippen LogP contribution in [-0.2, 0) is 6.61 Å². The molecule has 0 aliphatic rings. The number of amides is 1. The molecule has 0 saturated carbocycles. The van der Waals surface area contributed by atoms with Gasteiger partial charge >= 0.3 is 0 Å². The summed E-state index contributed by atoms with van der Waals surface area (Å²) in [7, 11) is 1.53. The molecule has 3 aromatic rings. The van der Waals surface area contributed by atoms with Gasteiger partial charge in [0.25, 0.3) is 5.91 Å². The topological polar surface area (TPSA) is 60.5 Å². The number of thiazole rings is 1. The summed E-state index contributed by atoms with van der Waals surface area (Å²) in [5.41, 5.74) is 1.13. The van der Waals surface area contributed by atoms with Gasteiger partial charge in [0.05, 0.1) is 18.5 Å². The number of nitrogens with one attached hydrogen (secondary N) is 1. The highest BCUT2D eigenvalue weighted by Crippen LogP contribution is 2.29. The van der Waals surface area contributed by atoms with E-state index in [4.69, 9.17) is 32.7 Å². The lowest BCUT2D eigenvalue weighted by Crippen LogP contribution is -2.12. The van der Waals surface area contributed by atoms with Crippen molar-refractivity contribution < 1.29 is 14.3 Å². The number of carbonyl (C=O) groups is 1. The number of ether oxygens (including phenoxy) is 2. The molecular formula is C19H16Cl2N2O3S. The summed E-state index contributed by atoms with van der Waals surface area (Å²) >= 11 is 13.1. The molecule has 5 nitrogen and oxygen atoms in total. The molecule has 140 valence electrons. The highest BCUT2D eigenvalue weighted by Gasteiger charge is 2.17. The van der Waals surface area contributed by atoms with Crippen LogP contribution in [0, 0.1) is 6.92 Å². The Morgan fingerprint density at radius 3 is 2.56 bits per heavy atom. The third kappa shape index (κ3) is 4.91. The molecule has 0 aliphatic carbocycles. The smallest absolute Gasteiger partial charge is 0.267 e. The number of hydrogen-bond acceptors (Lipinski definition) is 5. The minimum atomic E-state index is -0.275. The number of carbonyl (C=O) groups excluding carboxylic acids is 1. The second-order valence-corrected chi connectivity index (χ2v) is 7.52. The first kappa shape index (κ1) is 19.5. The predicted octanol–water partition coefficient (Wildman–Crippen LogP) is 5.60. The van der Waals surface area contributed by atoms with Gasteiger partial charge in [0.2, 0.25) is 0 Å². The van der Waals surface area contributed by atoms with Gasteiger partial charge in [-0.25, -0.2) is 4.98 Å². The Hall–Kier alpha value is -2.28. The predicted molar refractivity (Wildman–Crippen MR) is 109 cm³/mol. The number of halogens is 2. The Labute approximate surface area is 170 Å². The van der Waals surface area contributed by atoms with Gasteiger partial charge < -0.3 is 14.8 Å². The van der Waals surface area contributed by atoms with E-state index in [9.17, 15) is 4.79 Å². The minimum absolute atomic E-state index is 0.265. The van der Waals surface area contributed by atoms with Gasteiger partial charge in [-0.05, 0) is 49.4 Å². The van der Waals surface area contributed by atoms with Crippen molar-refractivity contribution in [1.29, 1.82) is 0 Å². The van der Waals surface area contributed by atoms with E-state index in [1.807, 2.05) is 0 Å². The van der Waals surface area contributed by atoms with Gasteiger partial charge in [0.1, 0.15) is 28.0 Å². The van der Waals surface area contributed by atoms with E-state index in [1.165, 1.54) is 18.4 Å². The molecule has 0 fully saturated rings. The number of aryl methyl sites for hydroxylation is 1. The summed E-state index contributed by atoms with van der Waals surface area (Å²) in [5.74, 6) is 0.937. The third-order valence-corrected chi connectivity index (χ3v) is 5.25. The summed E-state index contributed by atoms with van der Waals surface area (Å²) in [6.45, 7) is 2.05. The number of benzene rings is 2. The van der Waals surface area contributed by atoms with Crippen molar-refractivity contribution in [1.82, 2.24) is 4.98 Å². The molecule has 27 heavy (non-hydrogen) atoms. The van der Waals surface area contributed by atoms with E-state index in [0.717, 1.165) is 0 Å². The second kappa shape index (κ2) is 8.61. The van der Waals surface area contributed by atoms with Gasteiger partial charge in [0.15, 0.2) is 0 Å². The molecule has 8 heteroatoms. The molecule has 0 atom stereocenters. The summed E-state index contributed by atoms with van der Waals surface area (Å²) in [4.78, 5) is 17.6. The van der Waals surface area contributed by atoms with Gasteiger partial charge in [-0.2, -0.15) is 0 Å². The Morgan fingerprint density at radius 1 is 1.15 bits per heavy atom. The first-order valence-corrected chi connectivity index (χ1v) is 9.53. The fourth-order valence-corrected chi connectivity index (χ4v) is 3.53. The first-order valence-electron chi connectivity index (χ1n) is 7.96. The molecule has 0 aliphatic heterocycles. The summed E-state index contributed by atoms with van der Waals surface area (Å²) in [6, 6.07) is 12.1. The molecule has 1 heterocycles. The molecular weight excluding hydrogens is 407 g/mol. The van der Waals surface area contributed by atoms with E-state index in [2.05, 4.69) is 10.3 Å². The zero-order valence-electron chi connectivity index (χ0n) is 14.6. The average molecular weight is 423 g/mol. The van der Waals surface area contributed by atoms with Crippen molar-refractivity contribution in [2.75, 3.05) is 12.4 Å². The number of aromatic nitrogens is 1. The lowest BCUT2D eigenvalue weighted by Gasteiger charge is -2.10. The van der Waals surface area contributed by atoms with Crippen LogP contribution in [0.4, 0.5) is 5.69 Å². The Kier molecular flexibility index (Phi) is 6.21. The van der Waals surface area contributed by atoms with Crippen LogP contribution in [-0.4, -0.2) is 18.0 Å². The summed E-state index contributed by atoms with van der Waals surface area (Å²) in [6.07, 6.45) is 0. The highest BCUT2D eigenvalue weighted by molar-refractivity contribution is 7.13. The van der Waals surface area contributed by atoms with Gasteiger partial charge in [-0.15, -0.1) is 11.3 Å². The normalized spacial score (nSPS) is 10.5. The molecule has 2 aromatic carbocycles. The lowest BCUT2D eigenvalue weighted by atomic mass is 10.2. The zero-order valence-corrected chi connectivity index (χ0v) is 16.9. The Bertz CT molecular complexity index is 958. The van der Waals surface area contributed by atoms with E-state index < -0.39 is 0 Å². The molecule has 0 saturated heterocycles. The molecule has 0 unspecified atom stereocenters. The van der Waals surface area contributed by atoms with E-state index >= 15 is 0 Å². The van der Waals surface area contributed by atoms with Gasteiger partial charge in [-0.1, -0.05) is 23.2 Å². The van der Waals surface area contributed by atoms with Crippen molar-refractivity contribution in [3.8, 4) is 11.5 Å². The van der Waals surface area contributed by atoms with Crippen molar-refractivity contribution in [2.24, 2.45) is 0 Å². The lowest BCUT2D eigenvalue weighted by molar-refractivity contribution is 0.102. The van der Waals surface area contributed by atoms with E-state index in [1.54, 1.807) is 49.4 Å². The molecule has 1 N–H and O–H groups in total. The number of rotatable bonds is 6. The molecule has 0 spiro atoms. The molecule has 1 amide bonds. The molecule has 0 bridgehead atoms. The monoisotopic (exact) mass is 422 g/mol. The van der Waals surface area contributed by atoms with E-state index in [0.29, 0.717) is 42.8 Å². The Balaban J connectivity index is 1.71. The highest BCUT2D eigenvalue weighted by atomic mass is 35.5. The van der Waals surface area contributed by atoms with E-state index in [-0.39, 0.29) is 12.5 Å². The maximum atomic E-state index is 12.6. The van der Waals surface area contributed by atoms with Crippen LogP contribution in [0.25, 0.3) is 0 Å². The third-order valence-electron chi connectivity index (χ3n) is 3.63. The fraction of sp³-hybridized carbons (Fsp3) is 0.158. The standard InChI is InChI=1S/C19H16Cl2N2O3S/c1-11-18(19(24)23-15-9-13(21)5-8-16(15)25-2)27-17(22-11)10-26-14-6-3-12(20)4-7-14/h3-9H,10H2,1-2H3,(H,23,24). The first-order chi connectivity index (χ1) is 13.0. The summed E-state index contributed by atoms with van der Waals surface area (Å²) in [5, 5.41) is 4.66. The van der Waals surface area contributed by atoms with Crippen LogP contribution >= 0.6 is 34.5 Å². The SMILES string of the molecule is COc1ccc(Cl)cc1NC(=O)c1sc(COc2ccc(Cl)cc2)nc1C. The average Bonchev–Trinajstić information content (AvgIpc) is 3.02. The minimum Gasteiger partial charge on any atom is -0.495 e. The fourth-order valence-electron chi connectivity index (χ4n) is 2.36. The van der Waals surface area contributed by atoms with Crippen molar-refractivity contribution in [3.05, 3.63) is 68.1 Å². The molecule has 0 radical (unpaired) electrons. The maximum Gasteiger partial charge on any atom is 0.267 e. The Morgan fingerprint density at radius 2 is 1.85 bits per heavy atom.